The molecule has 0 aliphatic heterocycles. The maximum atomic E-state index is 11.6. The van der Waals surface area contributed by atoms with Crippen molar-refractivity contribution in [1.82, 2.24) is 9.55 Å². The first-order chi connectivity index (χ1) is 8.11. The number of hydrogen-bond acceptors (Lipinski definition) is 4. The van der Waals surface area contributed by atoms with Gasteiger partial charge in [0.15, 0.2) is 0 Å². The van der Waals surface area contributed by atoms with Gasteiger partial charge in [0, 0.05) is 30.8 Å². The number of H-pyrrole nitrogens is 1. The zero-order valence-electron chi connectivity index (χ0n) is 9.37. The fraction of sp³-hybridized carbons (Fsp3) is 0.636. The summed E-state index contributed by atoms with van der Waals surface area (Å²) in [6.07, 6.45) is 2.68. The van der Waals surface area contributed by atoms with Crippen molar-refractivity contribution in [2.45, 2.75) is 31.4 Å². The van der Waals surface area contributed by atoms with Crippen LogP contribution in [-0.4, -0.2) is 32.5 Å². The van der Waals surface area contributed by atoms with Gasteiger partial charge in [0.2, 0.25) is 0 Å². The van der Waals surface area contributed by atoms with Gasteiger partial charge in [-0.3, -0.25) is 14.3 Å². The Morgan fingerprint density at radius 2 is 2.18 bits per heavy atom. The Labute approximate surface area is 97.5 Å². The van der Waals surface area contributed by atoms with E-state index in [9.17, 15) is 14.7 Å². The number of rotatable bonds is 2. The van der Waals surface area contributed by atoms with Crippen LogP contribution >= 0.6 is 0 Å². The first kappa shape index (κ1) is 12.1. The van der Waals surface area contributed by atoms with Gasteiger partial charge < -0.3 is 10.2 Å². The average Bonchev–Trinajstić information content (AvgIpc) is 2.29. The Bertz CT molecular complexity index is 493. The monoisotopic (exact) mass is 240 g/mol. The Morgan fingerprint density at radius 3 is 2.76 bits per heavy atom. The molecule has 17 heavy (non-hydrogen) atoms. The molecule has 0 unspecified atom stereocenters. The topological polar surface area (TPSA) is 95.3 Å². The van der Waals surface area contributed by atoms with Gasteiger partial charge >= 0.3 is 5.69 Å². The highest BCUT2D eigenvalue weighted by atomic mass is 16.3. The zero-order chi connectivity index (χ0) is 12.4. The second-order valence-corrected chi connectivity index (χ2v) is 4.49. The molecule has 6 heteroatoms. The largest absolute Gasteiger partial charge is 0.396 e. The van der Waals surface area contributed by atoms with E-state index in [-0.39, 0.29) is 18.6 Å². The van der Waals surface area contributed by atoms with Gasteiger partial charge in [-0.05, 0) is 19.3 Å². The van der Waals surface area contributed by atoms with Crippen molar-refractivity contribution < 1.29 is 10.2 Å². The Kier molecular flexibility index (Phi) is 3.44. The number of aromatic amines is 1. The number of nitrogens with one attached hydrogen (secondary N) is 1. The van der Waals surface area contributed by atoms with E-state index in [1.807, 2.05) is 0 Å². The van der Waals surface area contributed by atoms with Crippen LogP contribution in [0.4, 0.5) is 0 Å². The minimum Gasteiger partial charge on any atom is -0.396 e. The van der Waals surface area contributed by atoms with Crippen molar-refractivity contribution in [2.24, 2.45) is 5.92 Å². The van der Waals surface area contributed by atoms with Crippen molar-refractivity contribution in [3.05, 3.63) is 33.1 Å². The first-order valence-corrected chi connectivity index (χ1v) is 5.72. The Morgan fingerprint density at radius 1 is 1.41 bits per heavy atom. The molecule has 0 aromatic carbocycles. The zero-order valence-corrected chi connectivity index (χ0v) is 9.37. The van der Waals surface area contributed by atoms with E-state index in [4.69, 9.17) is 5.11 Å². The summed E-state index contributed by atoms with van der Waals surface area (Å²) >= 11 is 0. The summed E-state index contributed by atoms with van der Waals surface area (Å²) in [6, 6.07) is 1.18. The van der Waals surface area contributed by atoms with Crippen molar-refractivity contribution in [2.75, 3.05) is 6.61 Å². The van der Waals surface area contributed by atoms with Crippen molar-refractivity contribution in [1.29, 1.82) is 0 Å². The molecule has 94 valence electrons. The van der Waals surface area contributed by atoms with Gasteiger partial charge in [0.1, 0.15) is 0 Å². The third-order valence-electron chi connectivity index (χ3n) is 3.41. The van der Waals surface area contributed by atoms with Crippen molar-refractivity contribution >= 4 is 0 Å². The van der Waals surface area contributed by atoms with Crippen LogP contribution in [0.1, 0.15) is 25.3 Å². The van der Waals surface area contributed by atoms with E-state index in [2.05, 4.69) is 4.98 Å². The maximum Gasteiger partial charge on any atom is 0.328 e. The first-order valence-electron chi connectivity index (χ1n) is 5.72. The van der Waals surface area contributed by atoms with Gasteiger partial charge in [0.05, 0.1) is 6.10 Å². The molecule has 3 atom stereocenters. The van der Waals surface area contributed by atoms with Crippen LogP contribution in [0.3, 0.4) is 0 Å². The van der Waals surface area contributed by atoms with Crippen LogP contribution in [0.25, 0.3) is 0 Å². The molecule has 1 aliphatic rings. The molecule has 6 nitrogen and oxygen atoms in total. The van der Waals surface area contributed by atoms with E-state index in [0.29, 0.717) is 19.3 Å². The molecule has 2 rings (SSSR count). The van der Waals surface area contributed by atoms with Crippen LogP contribution in [0, 0.1) is 5.92 Å². The van der Waals surface area contributed by atoms with Crippen LogP contribution in [0.2, 0.25) is 0 Å². The molecule has 0 saturated heterocycles. The van der Waals surface area contributed by atoms with Gasteiger partial charge in [-0.25, -0.2) is 4.79 Å². The molecular formula is C11H16N2O4. The van der Waals surface area contributed by atoms with E-state index in [1.54, 1.807) is 0 Å². The summed E-state index contributed by atoms with van der Waals surface area (Å²) in [5.41, 5.74) is -0.868. The standard InChI is InChI=1S/C11H16N2O4/c14-6-7-1-2-8(5-9(7)15)13-4-3-10(16)12-11(13)17/h3-4,7-9,14-15H,1-2,5-6H2,(H,12,16,17)/t7-,8-,9+/m1/s1. The van der Waals surface area contributed by atoms with E-state index < -0.39 is 17.4 Å². The molecular weight excluding hydrogens is 224 g/mol. The molecule has 1 aliphatic carbocycles. The van der Waals surface area contributed by atoms with Gasteiger partial charge in [-0.15, -0.1) is 0 Å². The number of aliphatic hydroxyl groups is 2. The predicted octanol–water partition coefficient (Wildman–Crippen LogP) is -0.769. The van der Waals surface area contributed by atoms with Gasteiger partial charge in [-0.1, -0.05) is 0 Å². The smallest absolute Gasteiger partial charge is 0.328 e. The number of nitrogens with zero attached hydrogens (tertiary/aromatic N) is 1. The minimum absolute atomic E-state index is 0.0333. The highest BCUT2D eigenvalue weighted by Crippen LogP contribution is 2.31. The predicted molar refractivity (Wildman–Crippen MR) is 60.8 cm³/mol. The fourth-order valence-corrected chi connectivity index (χ4v) is 2.37. The molecule has 1 heterocycles. The molecule has 0 amide bonds. The Balaban J connectivity index is 2.19. The number of hydrogen-bond donors (Lipinski definition) is 3. The van der Waals surface area contributed by atoms with Crippen LogP contribution in [0.15, 0.2) is 21.9 Å². The SMILES string of the molecule is O=c1ccn([C@@H]2CC[C@H](CO)[C@@H](O)C2)c(=O)[nH]1. The van der Waals surface area contributed by atoms with Gasteiger partial charge in [0.25, 0.3) is 5.56 Å². The summed E-state index contributed by atoms with van der Waals surface area (Å²) < 4.78 is 1.44. The molecule has 0 radical (unpaired) electrons. The molecule has 1 aromatic heterocycles. The molecule has 3 N–H and O–H groups in total. The minimum atomic E-state index is -0.599. The summed E-state index contributed by atoms with van der Waals surface area (Å²) in [6.45, 7) is -0.0333. The van der Waals surface area contributed by atoms with Gasteiger partial charge in [-0.2, -0.15) is 0 Å². The van der Waals surface area contributed by atoms with E-state index in [0.717, 1.165) is 0 Å². The van der Waals surface area contributed by atoms with Crippen molar-refractivity contribution in [3.63, 3.8) is 0 Å². The summed E-state index contributed by atoms with van der Waals surface area (Å²) in [7, 11) is 0. The van der Waals surface area contributed by atoms with Crippen LogP contribution < -0.4 is 11.2 Å². The maximum absolute atomic E-state index is 11.6. The highest BCUT2D eigenvalue weighted by Gasteiger charge is 2.29. The molecule has 1 fully saturated rings. The third kappa shape index (κ3) is 2.48. The second-order valence-electron chi connectivity index (χ2n) is 4.49. The average molecular weight is 240 g/mol. The van der Waals surface area contributed by atoms with Crippen molar-refractivity contribution in [3.8, 4) is 0 Å². The lowest BCUT2D eigenvalue weighted by molar-refractivity contribution is 0.0175. The summed E-state index contributed by atoms with van der Waals surface area (Å²) in [4.78, 5) is 24.7. The summed E-state index contributed by atoms with van der Waals surface area (Å²) in [5.74, 6) is -0.107. The van der Waals surface area contributed by atoms with E-state index >= 15 is 0 Å². The molecule has 0 spiro atoms. The quantitative estimate of drug-likeness (QED) is 0.632. The Hall–Kier alpha value is -1.40. The van der Waals surface area contributed by atoms with Crippen LogP contribution in [0.5, 0.6) is 0 Å². The molecule has 1 saturated carbocycles. The number of aromatic nitrogens is 2. The van der Waals surface area contributed by atoms with E-state index in [1.165, 1.54) is 16.8 Å². The lowest BCUT2D eigenvalue weighted by Gasteiger charge is -2.32. The fourth-order valence-electron chi connectivity index (χ4n) is 2.37. The highest BCUT2D eigenvalue weighted by molar-refractivity contribution is 4.89. The molecule has 0 bridgehead atoms. The van der Waals surface area contributed by atoms with Crippen LogP contribution in [-0.2, 0) is 0 Å². The lowest BCUT2D eigenvalue weighted by Crippen LogP contribution is -2.38. The lowest BCUT2D eigenvalue weighted by atomic mass is 9.84. The normalized spacial score (nSPS) is 29.2. The summed E-state index contributed by atoms with van der Waals surface area (Å²) in [5, 5.41) is 18.8. The number of aliphatic hydroxyl groups excluding tert-OH is 2. The second kappa shape index (κ2) is 4.85. The molecule has 1 aromatic rings. The third-order valence-corrected chi connectivity index (χ3v) is 3.41.